The van der Waals surface area contributed by atoms with E-state index < -0.39 is 17.0 Å². The maximum absolute atomic E-state index is 14.1. The number of hydrogen-bond acceptors (Lipinski definition) is 3. The van der Waals surface area contributed by atoms with Crippen LogP contribution in [0.2, 0.25) is 5.02 Å². The Labute approximate surface area is 170 Å². The highest BCUT2D eigenvalue weighted by Crippen LogP contribution is 2.36. The molecule has 2 amide bonds. The third-order valence-electron chi connectivity index (χ3n) is 4.70. The Balaban J connectivity index is 1.68. The highest BCUT2D eigenvalue weighted by Gasteiger charge is 2.36. The van der Waals surface area contributed by atoms with Gasteiger partial charge in [0.2, 0.25) is 0 Å². The first-order valence-corrected chi connectivity index (χ1v) is 9.95. The second-order valence-electron chi connectivity index (χ2n) is 6.36. The minimum absolute atomic E-state index is 0.135. The molecule has 142 valence electrons. The van der Waals surface area contributed by atoms with Crippen molar-refractivity contribution >= 4 is 51.5 Å². The van der Waals surface area contributed by atoms with E-state index >= 15 is 0 Å². The Morgan fingerprint density at radius 3 is 2.68 bits per heavy atom. The standard InChI is InChI=1S/C21H16ClFN2O2S/c1-2-24-11-13(14-6-3-4-9-18(14)24)10-19-20(26)25(21(27)28-19)12-15-16(22)7-5-8-17(15)23/h3-11H,2,12H2,1H3/b19-10-. The molecule has 0 N–H and O–H groups in total. The summed E-state index contributed by atoms with van der Waals surface area (Å²) in [6.07, 6.45) is 3.69. The molecule has 0 aliphatic carbocycles. The number of carbonyl (C=O) groups excluding carboxylic acids is 2. The smallest absolute Gasteiger partial charge is 0.293 e. The van der Waals surface area contributed by atoms with E-state index in [-0.39, 0.29) is 17.1 Å². The molecule has 2 aromatic carbocycles. The van der Waals surface area contributed by atoms with Crippen molar-refractivity contribution in [2.24, 2.45) is 0 Å². The van der Waals surface area contributed by atoms with Gasteiger partial charge in [0, 0.05) is 39.8 Å². The molecule has 7 heteroatoms. The number of thioether (sulfide) groups is 1. The summed E-state index contributed by atoms with van der Waals surface area (Å²) in [7, 11) is 0. The number of halogens is 2. The fourth-order valence-electron chi connectivity index (χ4n) is 3.27. The zero-order chi connectivity index (χ0) is 19.8. The highest BCUT2D eigenvalue weighted by molar-refractivity contribution is 8.18. The molecule has 0 spiro atoms. The van der Waals surface area contributed by atoms with Crippen molar-refractivity contribution in [1.29, 1.82) is 0 Å². The normalized spacial score (nSPS) is 16.0. The zero-order valence-corrected chi connectivity index (χ0v) is 16.6. The lowest BCUT2D eigenvalue weighted by Gasteiger charge is -2.14. The van der Waals surface area contributed by atoms with Crippen molar-refractivity contribution in [2.75, 3.05) is 0 Å². The van der Waals surface area contributed by atoms with Crippen LogP contribution in [-0.2, 0) is 17.9 Å². The van der Waals surface area contributed by atoms with Gasteiger partial charge in [-0.1, -0.05) is 35.9 Å². The van der Waals surface area contributed by atoms with E-state index in [0.717, 1.165) is 39.7 Å². The van der Waals surface area contributed by atoms with Gasteiger partial charge in [-0.2, -0.15) is 0 Å². The molecule has 1 fully saturated rings. The van der Waals surface area contributed by atoms with Gasteiger partial charge in [0.15, 0.2) is 0 Å². The van der Waals surface area contributed by atoms with Crippen molar-refractivity contribution in [2.45, 2.75) is 20.0 Å². The van der Waals surface area contributed by atoms with E-state index in [2.05, 4.69) is 4.57 Å². The molecule has 1 aromatic heterocycles. The van der Waals surface area contributed by atoms with Gasteiger partial charge in [-0.3, -0.25) is 14.5 Å². The maximum atomic E-state index is 14.1. The molecule has 2 heterocycles. The average molecular weight is 415 g/mol. The van der Waals surface area contributed by atoms with E-state index in [1.165, 1.54) is 18.2 Å². The molecule has 1 aliphatic heterocycles. The Morgan fingerprint density at radius 1 is 1.14 bits per heavy atom. The molecule has 4 nitrogen and oxygen atoms in total. The van der Waals surface area contributed by atoms with E-state index in [1.807, 2.05) is 37.4 Å². The number of aromatic nitrogens is 1. The molecule has 1 saturated heterocycles. The van der Waals surface area contributed by atoms with Gasteiger partial charge in [0.1, 0.15) is 5.82 Å². The third-order valence-corrected chi connectivity index (χ3v) is 5.96. The number of para-hydroxylation sites is 1. The molecular weight excluding hydrogens is 399 g/mol. The van der Waals surface area contributed by atoms with Crippen LogP contribution >= 0.6 is 23.4 Å². The molecule has 4 rings (SSSR count). The molecular formula is C21H16ClFN2O2S. The SMILES string of the molecule is CCn1cc(/C=C2\SC(=O)N(Cc3c(F)cccc3Cl)C2=O)c2ccccc21. The van der Waals surface area contributed by atoms with Gasteiger partial charge in [0.05, 0.1) is 11.4 Å². The summed E-state index contributed by atoms with van der Waals surface area (Å²) >= 11 is 6.90. The Kier molecular flexibility index (Phi) is 5.00. The number of imide groups is 1. The fraction of sp³-hybridized carbons (Fsp3) is 0.143. The van der Waals surface area contributed by atoms with Crippen molar-refractivity contribution in [3.05, 3.63) is 75.5 Å². The van der Waals surface area contributed by atoms with Crippen LogP contribution in [0.4, 0.5) is 9.18 Å². The summed E-state index contributed by atoms with van der Waals surface area (Å²) in [5, 5.41) is 0.761. The Bertz CT molecular complexity index is 1120. The lowest BCUT2D eigenvalue weighted by atomic mass is 10.1. The van der Waals surface area contributed by atoms with Gasteiger partial charge in [-0.15, -0.1) is 0 Å². The van der Waals surface area contributed by atoms with Crippen LogP contribution in [0.25, 0.3) is 17.0 Å². The van der Waals surface area contributed by atoms with E-state index in [0.29, 0.717) is 4.91 Å². The molecule has 0 bridgehead atoms. The molecule has 0 radical (unpaired) electrons. The number of aryl methyl sites for hydroxylation is 1. The van der Waals surface area contributed by atoms with E-state index in [9.17, 15) is 14.0 Å². The third kappa shape index (κ3) is 3.23. The monoisotopic (exact) mass is 414 g/mol. The molecule has 0 unspecified atom stereocenters. The largest absolute Gasteiger partial charge is 0.347 e. The van der Waals surface area contributed by atoms with Crippen molar-refractivity contribution < 1.29 is 14.0 Å². The second-order valence-corrected chi connectivity index (χ2v) is 7.76. The van der Waals surface area contributed by atoms with Crippen molar-refractivity contribution in [1.82, 2.24) is 9.47 Å². The van der Waals surface area contributed by atoms with E-state index in [4.69, 9.17) is 11.6 Å². The number of benzene rings is 2. The minimum Gasteiger partial charge on any atom is -0.347 e. The van der Waals surface area contributed by atoms with Crippen LogP contribution in [-0.4, -0.2) is 20.6 Å². The number of nitrogens with zero attached hydrogens (tertiary/aromatic N) is 2. The van der Waals surface area contributed by atoms with Crippen LogP contribution in [0, 0.1) is 5.82 Å². The molecule has 28 heavy (non-hydrogen) atoms. The van der Waals surface area contributed by atoms with Gasteiger partial charge in [-0.25, -0.2) is 4.39 Å². The Hall–Kier alpha value is -2.57. The predicted octanol–water partition coefficient (Wildman–Crippen LogP) is 5.69. The van der Waals surface area contributed by atoms with Gasteiger partial charge in [0.25, 0.3) is 11.1 Å². The number of fused-ring (bicyclic) bond motifs is 1. The number of hydrogen-bond donors (Lipinski definition) is 0. The van der Waals surface area contributed by atoms with Crippen molar-refractivity contribution in [3.63, 3.8) is 0 Å². The number of amides is 2. The van der Waals surface area contributed by atoms with Crippen molar-refractivity contribution in [3.8, 4) is 0 Å². The summed E-state index contributed by atoms with van der Waals surface area (Å²) in [6.45, 7) is 2.65. The Morgan fingerprint density at radius 2 is 1.93 bits per heavy atom. The van der Waals surface area contributed by atoms with E-state index in [1.54, 1.807) is 6.08 Å². The summed E-state index contributed by atoms with van der Waals surface area (Å²) in [4.78, 5) is 26.5. The molecule has 0 atom stereocenters. The van der Waals surface area contributed by atoms with Crippen LogP contribution in [0.15, 0.2) is 53.6 Å². The fourth-order valence-corrected chi connectivity index (χ4v) is 4.32. The average Bonchev–Trinajstić information content (AvgIpc) is 3.17. The minimum atomic E-state index is -0.540. The highest BCUT2D eigenvalue weighted by atomic mass is 35.5. The van der Waals surface area contributed by atoms with Gasteiger partial charge < -0.3 is 4.57 Å². The summed E-state index contributed by atoms with van der Waals surface area (Å²) in [5.74, 6) is -0.982. The van der Waals surface area contributed by atoms with Crippen LogP contribution in [0.5, 0.6) is 0 Å². The lowest BCUT2D eigenvalue weighted by Crippen LogP contribution is -2.28. The second kappa shape index (κ2) is 7.45. The summed E-state index contributed by atoms with van der Waals surface area (Å²) < 4.78 is 16.1. The topological polar surface area (TPSA) is 42.3 Å². The summed E-state index contributed by atoms with van der Waals surface area (Å²) in [5.41, 5.74) is 2.07. The summed E-state index contributed by atoms with van der Waals surface area (Å²) in [6, 6.07) is 12.2. The lowest BCUT2D eigenvalue weighted by molar-refractivity contribution is -0.123. The molecule has 3 aromatic rings. The maximum Gasteiger partial charge on any atom is 0.293 e. The zero-order valence-electron chi connectivity index (χ0n) is 15.0. The predicted molar refractivity (Wildman–Crippen MR) is 111 cm³/mol. The first kappa shape index (κ1) is 18.8. The van der Waals surface area contributed by atoms with Crippen LogP contribution < -0.4 is 0 Å². The van der Waals surface area contributed by atoms with Gasteiger partial charge in [-0.05, 0) is 43.0 Å². The first-order valence-electron chi connectivity index (χ1n) is 8.75. The first-order chi connectivity index (χ1) is 13.5. The molecule has 1 aliphatic rings. The quantitative estimate of drug-likeness (QED) is 0.515. The van der Waals surface area contributed by atoms with Crippen LogP contribution in [0.3, 0.4) is 0 Å². The molecule has 0 saturated carbocycles. The van der Waals surface area contributed by atoms with Crippen LogP contribution in [0.1, 0.15) is 18.1 Å². The number of carbonyl (C=O) groups is 2. The number of rotatable bonds is 4. The van der Waals surface area contributed by atoms with Gasteiger partial charge >= 0.3 is 0 Å².